The number of hydrogen-bond acceptors (Lipinski definition) is 5. The summed E-state index contributed by atoms with van der Waals surface area (Å²) < 4.78 is 0. The van der Waals surface area contributed by atoms with Crippen molar-refractivity contribution in [3.05, 3.63) is 70.5 Å². The zero-order valence-electron chi connectivity index (χ0n) is 16.7. The predicted molar refractivity (Wildman–Crippen MR) is 124 cm³/mol. The van der Waals surface area contributed by atoms with Gasteiger partial charge < -0.3 is 10.4 Å². The van der Waals surface area contributed by atoms with Crippen molar-refractivity contribution in [3.8, 4) is 22.4 Å². The van der Waals surface area contributed by atoms with Crippen molar-refractivity contribution in [2.24, 2.45) is 0 Å². The van der Waals surface area contributed by atoms with Crippen LogP contribution in [0.3, 0.4) is 0 Å². The molecule has 0 aliphatic rings. The molecule has 2 aromatic heterocycles. The number of benzene rings is 2. The number of aromatic carboxylic acids is 1. The Bertz CT molecular complexity index is 1290. The molecule has 31 heavy (non-hydrogen) atoms. The Labute approximate surface area is 188 Å². The van der Waals surface area contributed by atoms with Gasteiger partial charge in [0.15, 0.2) is 5.65 Å². The molecule has 0 aliphatic heterocycles. The molecule has 0 atom stereocenters. The van der Waals surface area contributed by atoms with Crippen molar-refractivity contribution < 1.29 is 9.90 Å². The minimum absolute atomic E-state index is 0.0296. The van der Waals surface area contributed by atoms with Crippen molar-refractivity contribution in [1.82, 2.24) is 15.0 Å². The summed E-state index contributed by atoms with van der Waals surface area (Å²) >= 11 is 12.6. The number of rotatable bonds is 5. The van der Waals surface area contributed by atoms with Crippen LogP contribution in [0.1, 0.15) is 24.5 Å². The van der Waals surface area contributed by atoms with E-state index >= 15 is 0 Å². The number of halogens is 2. The monoisotopic (exact) mass is 452 g/mol. The van der Waals surface area contributed by atoms with E-state index in [1.165, 1.54) is 0 Å². The average molecular weight is 453 g/mol. The highest BCUT2D eigenvalue weighted by Crippen LogP contribution is 2.38. The topological polar surface area (TPSA) is 88.0 Å². The number of nitrogens with zero attached hydrogens (tertiary/aromatic N) is 3. The van der Waals surface area contributed by atoms with Crippen molar-refractivity contribution in [2.45, 2.75) is 19.9 Å². The lowest BCUT2D eigenvalue weighted by molar-refractivity contribution is 0.0684. The molecule has 6 nitrogen and oxygen atoms in total. The predicted octanol–water partition coefficient (Wildman–Crippen LogP) is 6.18. The van der Waals surface area contributed by atoms with Crippen LogP contribution in [0.5, 0.6) is 0 Å². The Morgan fingerprint density at radius 1 is 0.968 bits per heavy atom. The fourth-order valence-corrected chi connectivity index (χ4v) is 3.59. The van der Waals surface area contributed by atoms with Crippen LogP contribution in [0.25, 0.3) is 33.4 Å². The summed E-state index contributed by atoms with van der Waals surface area (Å²) in [6, 6.07) is 16.7. The minimum Gasteiger partial charge on any atom is -0.475 e. The second kappa shape index (κ2) is 8.49. The molecule has 0 aliphatic carbocycles. The maximum atomic E-state index is 11.6. The summed E-state index contributed by atoms with van der Waals surface area (Å²) in [5.41, 5.74) is 3.25. The molecule has 2 heterocycles. The zero-order chi connectivity index (χ0) is 22.1. The molecule has 0 saturated carbocycles. The maximum absolute atomic E-state index is 11.6. The van der Waals surface area contributed by atoms with E-state index in [4.69, 9.17) is 28.2 Å². The van der Waals surface area contributed by atoms with Crippen LogP contribution in [0, 0.1) is 0 Å². The standard InChI is InChI=1S/C23H18Cl2N4O2/c1-12(2)26-20-17-11-16(13-7-9-14(24)10-8-13)19(15-5-3-4-6-18(15)25)27-21(17)29-22(28-20)23(30)31/h3-12H,1-2H3,(H,30,31)(H,26,27,28,29). The number of carboxylic acids is 1. The van der Waals surface area contributed by atoms with Gasteiger partial charge in [0.05, 0.1) is 11.1 Å². The van der Waals surface area contributed by atoms with Crippen LogP contribution < -0.4 is 5.32 Å². The lowest BCUT2D eigenvalue weighted by atomic mass is 9.98. The van der Waals surface area contributed by atoms with Gasteiger partial charge in [0.2, 0.25) is 5.82 Å². The third-order valence-corrected chi connectivity index (χ3v) is 5.17. The summed E-state index contributed by atoms with van der Waals surface area (Å²) in [5, 5.41) is 14.4. The van der Waals surface area contributed by atoms with Crippen LogP contribution in [0.2, 0.25) is 10.0 Å². The molecule has 0 fully saturated rings. The fraction of sp³-hybridized carbons (Fsp3) is 0.130. The van der Waals surface area contributed by atoms with Crippen LogP contribution in [0.4, 0.5) is 5.82 Å². The molecular weight excluding hydrogens is 435 g/mol. The van der Waals surface area contributed by atoms with Gasteiger partial charge in [-0.05, 0) is 43.7 Å². The van der Waals surface area contributed by atoms with Gasteiger partial charge in [-0.1, -0.05) is 53.5 Å². The highest BCUT2D eigenvalue weighted by molar-refractivity contribution is 6.33. The van der Waals surface area contributed by atoms with Gasteiger partial charge in [0, 0.05) is 27.2 Å². The van der Waals surface area contributed by atoms with E-state index in [9.17, 15) is 9.90 Å². The average Bonchev–Trinajstić information content (AvgIpc) is 2.73. The summed E-state index contributed by atoms with van der Waals surface area (Å²) in [6.45, 7) is 3.89. The summed E-state index contributed by atoms with van der Waals surface area (Å²) in [4.78, 5) is 24.7. The van der Waals surface area contributed by atoms with Crippen LogP contribution in [0.15, 0.2) is 54.6 Å². The highest BCUT2D eigenvalue weighted by Gasteiger charge is 2.19. The first-order valence-corrected chi connectivity index (χ1v) is 10.3. The van der Waals surface area contributed by atoms with E-state index in [1.54, 1.807) is 18.2 Å². The number of nitrogens with one attached hydrogen (secondary N) is 1. The van der Waals surface area contributed by atoms with E-state index in [-0.39, 0.29) is 17.5 Å². The van der Waals surface area contributed by atoms with Gasteiger partial charge in [0.25, 0.3) is 0 Å². The maximum Gasteiger partial charge on any atom is 0.374 e. The molecule has 0 amide bonds. The molecule has 156 valence electrons. The lowest BCUT2D eigenvalue weighted by Crippen LogP contribution is -2.15. The van der Waals surface area contributed by atoms with Gasteiger partial charge in [-0.2, -0.15) is 0 Å². The fourth-order valence-electron chi connectivity index (χ4n) is 3.24. The first kappa shape index (κ1) is 21.0. The number of pyridine rings is 1. The molecule has 0 spiro atoms. The van der Waals surface area contributed by atoms with Crippen LogP contribution in [-0.4, -0.2) is 32.1 Å². The normalized spacial score (nSPS) is 11.1. The first-order chi connectivity index (χ1) is 14.8. The zero-order valence-corrected chi connectivity index (χ0v) is 18.2. The van der Waals surface area contributed by atoms with Crippen LogP contribution >= 0.6 is 23.2 Å². The lowest BCUT2D eigenvalue weighted by Gasteiger charge is -2.16. The van der Waals surface area contributed by atoms with E-state index < -0.39 is 5.97 Å². The van der Waals surface area contributed by atoms with E-state index in [1.807, 2.05) is 50.2 Å². The number of fused-ring (bicyclic) bond motifs is 1. The van der Waals surface area contributed by atoms with E-state index in [0.717, 1.165) is 11.1 Å². The van der Waals surface area contributed by atoms with Crippen molar-refractivity contribution in [2.75, 3.05) is 5.32 Å². The molecule has 0 unspecified atom stereocenters. The molecule has 4 aromatic rings. The van der Waals surface area contributed by atoms with Gasteiger partial charge in [0.1, 0.15) is 5.82 Å². The van der Waals surface area contributed by atoms with Crippen molar-refractivity contribution in [3.63, 3.8) is 0 Å². The highest BCUT2D eigenvalue weighted by atomic mass is 35.5. The largest absolute Gasteiger partial charge is 0.475 e. The SMILES string of the molecule is CC(C)Nc1nc(C(=O)O)nc2nc(-c3ccccc3Cl)c(-c3ccc(Cl)cc3)cc12. The number of aromatic nitrogens is 3. The minimum atomic E-state index is -1.23. The van der Waals surface area contributed by atoms with Gasteiger partial charge in [-0.15, -0.1) is 0 Å². The molecule has 4 rings (SSSR count). The Morgan fingerprint density at radius 2 is 1.68 bits per heavy atom. The van der Waals surface area contributed by atoms with Gasteiger partial charge >= 0.3 is 5.97 Å². The van der Waals surface area contributed by atoms with Crippen molar-refractivity contribution >= 4 is 46.0 Å². The summed E-state index contributed by atoms with van der Waals surface area (Å²) in [7, 11) is 0. The second-order valence-corrected chi connectivity index (χ2v) is 8.09. The van der Waals surface area contributed by atoms with E-state index in [2.05, 4.69) is 15.3 Å². The summed E-state index contributed by atoms with van der Waals surface area (Å²) in [6.07, 6.45) is 0. The third kappa shape index (κ3) is 4.31. The Morgan fingerprint density at radius 3 is 2.32 bits per heavy atom. The number of carbonyl (C=O) groups is 1. The molecule has 8 heteroatoms. The number of hydrogen-bond donors (Lipinski definition) is 2. The molecule has 0 saturated heterocycles. The summed E-state index contributed by atoms with van der Waals surface area (Å²) in [5.74, 6) is -1.14. The van der Waals surface area contributed by atoms with Gasteiger partial charge in [-0.25, -0.2) is 19.7 Å². The van der Waals surface area contributed by atoms with Crippen molar-refractivity contribution in [1.29, 1.82) is 0 Å². The smallest absolute Gasteiger partial charge is 0.374 e. The Kier molecular flexibility index (Phi) is 5.76. The first-order valence-electron chi connectivity index (χ1n) is 9.57. The molecule has 2 aromatic carbocycles. The number of carboxylic acid groups (broad SMARTS) is 1. The van der Waals surface area contributed by atoms with E-state index in [0.29, 0.717) is 32.5 Å². The molecule has 2 N–H and O–H groups in total. The number of anilines is 1. The van der Waals surface area contributed by atoms with Gasteiger partial charge in [-0.3, -0.25) is 0 Å². The second-order valence-electron chi connectivity index (χ2n) is 7.24. The van der Waals surface area contributed by atoms with Crippen LogP contribution in [-0.2, 0) is 0 Å². The third-order valence-electron chi connectivity index (χ3n) is 4.59. The molecule has 0 radical (unpaired) electrons. The Hall–Kier alpha value is -3.22. The molecular formula is C23H18Cl2N4O2. The molecule has 0 bridgehead atoms. The quantitative estimate of drug-likeness (QED) is 0.375. The Balaban J connectivity index is 2.08.